The van der Waals surface area contributed by atoms with E-state index in [0.717, 1.165) is 11.3 Å². The lowest BCUT2D eigenvalue weighted by Crippen LogP contribution is -2.10. The summed E-state index contributed by atoms with van der Waals surface area (Å²) in [5, 5.41) is 11.9. The van der Waals surface area contributed by atoms with E-state index in [1.165, 1.54) is 6.26 Å². The van der Waals surface area contributed by atoms with Crippen molar-refractivity contribution in [3.63, 3.8) is 0 Å². The molecule has 17 heavy (non-hydrogen) atoms. The van der Waals surface area contributed by atoms with Crippen LogP contribution in [0.3, 0.4) is 0 Å². The lowest BCUT2D eigenvalue weighted by atomic mass is 10.1. The molecular formula is C12H16N2O2S. The minimum atomic E-state index is -2.88. The largest absolute Gasteiger partial charge is 0.385 e. The number of sulfone groups is 1. The highest BCUT2D eigenvalue weighted by molar-refractivity contribution is 7.90. The number of nitriles is 1. The zero-order chi connectivity index (χ0) is 12.9. The smallest absolute Gasteiger partial charge is 0.147 e. The number of aryl methyl sites for hydroxylation is 1. The first-order valence-corrected chi connectivity index (χ1v) is 7.41. The minimum Gasteiger partial charge on any atom is -0.385 e. The van der Waals surface area contributed by atoms with Crippen LogP contribution >= 0.6 is 0 Å². The van der Waals surface area contributed by atoms with Gasteiger partial charge in [-0.05, 0) is 37.1 Å². The SMILES string of the molecule is Cc1cc(C#N)ccc1NCCCS(C)(=O)=O. The van der Waals surface area contributed by atoms with Crippen molar-refractivity contribution in [1.82, 2.24) is 0 Å². The molecule has 1 rings (SSSR count). The van der Waals surface area contributed by atoms with Gasteiger partial charge in [0.2, 0.25) is 0 Å². The summed E-state index contributed by atoms with van der Waals surface area (Å²) in [6, 6.07) is 7.46. The van der Waals surface area contributed by atoms with Crippen molar-refractivity contribution in [2.45, 2.75) is 13.3 Å². The average Bonchev–Trinajstić information content (AvgIpc) is 2.24. The maximum atomic E-state index is 10.9. The van der Waals surface area contributed by atoms with E-state index < -0.39 is 9.84 Å². The van der Waals surface area contributed by atoms with E-state index in [1.54, 1.807) is 12.1 Å². The summed E-state index contributed by atoms with van der Waals surface area (Å²) < 4.78 is 21.9. The fourth-order valence-corrected chi connectivity index (χ4v) is 2.16. The molecule has 0 fully saturated rings. The Bertz CT molecular complexity index is 530. The average molecular weight is 252 g/mol. The highest BCUT2D eigenvalue weighted by Crippen LogP contribution is 2.15. The molecule has 0 amide bonds. The van der Waals surface area contributed by atoms with E-state index in [4.69, 9.17) is 5.26 Å². The molecule has 0 heterocycles. The topological polar surface area (TPSA) is 70.0 Å². The predicted molar refractivity (Wildman–Crippen MR) is 68.7 cm³/mol. The molecule has 4 nitrogen and oxygen atoms in total. The van der Waals surface area contributed by atoms with Crippen LogP contribution in [0.15, 0.2) is 18.2 Å². The zero-order valence-electron chi connectivity index (χ0n) is 10.0. The Morgan fingerprint density at radius 2 is 2.12 bits per heavy atom. The summed E-state index contributed by atoms with van der Waals surface area (Å²) in [4.78, 5) is 0. The van der Waals surface area contributed by atoms with Gasteiger partial charge in [-0.3, -0.25) is 0 Å². The van der Waals surface area contributed by atoms with Crippen molar-refractivity contribution in [3.8, 4) is 6.07 Å². The van der Waals surface area contributed by atoms with E-state index in [0.29, 0.717) is 18.5 Å². The van der Waals surface area contributed by atoms with E-state index in [2.05, 4.69) is 11.4 Å². The van der Waals surface area contributed by atoms with Gasteiger partial charge in [0, 0.05) is 18.5 Å². The van der Waals surface area contributed by atoms with E-state index in [9.17, 15) is 8.42 Å². The molecule has 0 aliphatic carbocycles. The molecule has 0 aliphatic heterocycles. The van der Waals surface area contributed by atoms with Gasteiger partial charge in [0.05, 0.1) is 17.4 Å². The molecule has 5 heteroatoms. The lowest BCUT2D eigenvalue weighted by Gasteiger charge is -2.09. The second kappa shape index (κ2) is 5.69. The molecule has 0 radical (unpaired) electrons. The van der Waals surface area contributed by atoms with Crippen molar-refractivity contribution in [3.05, 3.63) is 29.3 Å². The normalized spacial score (nSPS) is 10.9. The van der Waals surface area contributed by atoms with E-state index in [-0.39, 0.29) is 5.75 Å². The van der Waals surface area contributed by atoms with Crippen molar-refractivity contribution in [2.24, 2.45) is 0 Å². The molecule has 0 spiro atoms. The van der Waals surface area contributed by atoms with Crippen molar-refractivity contribution in [1.29, 1.82) is 5.26 Å². The van der Waals surface area contributed by atoms with Crippen molar-refractivity contribution < 1.29 is 8.42 Å². The van der Waals surface area contributed by atoms with Gasteiger partial charge < -0.3 is 5.32 Å². The van der Waals surface area contributed by atoms with Gasteiger partial charge in [-0.1, -0.05) is 0 Å². The van der Waals surface area contributed by atoms with Crippen molar-refractivity contribution in [2.75, 3.05) is 23.9 Å². The highest BCUT2D eigenvalue weighted by Gasteiger charge is 2.02. The fourth-order valence-electron chi connectivity index (χ4n) is 1.49. The van der Waals surface area contributed by atoms with E-state index >= 15 is 0 Å². The summed E-state index contributed by atoms with van der Waals surface area (Å²) in [7, 11) is -2.88. The number of benzene rings is 1. The Labute approximate surface area is 102 Å². The third-order valence-electron chi connectivity index (χ3n) is 2.36. The molecule has 0 aromatic heterocycles. The first-order valence-electron chi connectivity index (χ1n) is 5.35. The first kappa shape index (κ1) is 13.5. The van der Waals surface area contributed by atoms with Gasteiger partial charge in [0.15, 0.2) is 0 Å². The summed E-state index contributed by atoms with van der Waals surface area (Å²) in [5.41, 5.74) is 2.56. The van der Waals surface area contributed by atoms with Gasteiger partial charge >= 0.3 is 0 Å². The Kier molecular flexibility index (Phi) is 4.53. The van der Waals surface area contributed by atoms with Crippen LogP contribution in [0.4, 0.5) is 5.69 Å². The van der Waals surface area contributed by atoms with Gasteiger partial charge in [-0.15, -0.1) is 0 Å². The molecule has 0 aliphatic rings. The van der Waals surface area contributed by atoms with Gasteiger partial charge in [0.1, 0.15) is 9.84 Å². The predicted octanol–water partition coefficient (Wildman–Crippen LogP) is 1.71. The number of rotatable bonds is 5. The van der Waals surface area contributed by atoms with Crippen LogP contribution in [0.5, 0.6) is 0 Å². The number of nitrogens with zero attached hydrogens (tertiary/aromatic N) is 1. The monoisotopic (exact) mass is 252 g/mol. The minimum absolute atomic E-state index is 0.190. The second-order valence-corrected chi connectivity index (χ2v) is 6.31. The van der Waals surface area contributed by atoms with Crippen LogP contribution in [0.2, 0.25) is 0 Å². The molecule has 0 unspecified atom stereocenters. The molecule has 92 valence electrons. The number of nitrogens with one attached hydrogen (secondary N) is 1. The van der Waals surface area contributed by atoms with Gasteiger partial charge in [-0.25, -0.2) is 8.42 Å². The second-order valence-electron chi connectivity index (χ2n) is 4.05. The lowest BCUT2D eigenvalue weighted by molar-refractivity contribution is 0.600. The Morgan fingerprint density at radius 3 is 2.65 bits per heavy atom. The first-order chi connectivity index (χ1) is 7.92. The summed E-state index contributed by atoms with van der Waals surface area (Å²) >= 11 is 0. The zero-order valence-corrected chi connectivity index (χ0v) is 10.8. The van der Waals surface area contributed by atoms with Crippen LogP contribution in [0.25, 0.3) is 0 Å². The third kappa shape index (κ3) is 4.87. The van der Waals surface area contributed by atoms with Gasteiger partial charge in [0.25, 0.3) is 0 Å². The van der Waals surface area contributed by atoms with Crippen molar-refractivity contribution >= 4 is 15.5 Å². The molecule has 1 aromatic carbocycles. The summed E-state index contributed by atoms with van der Waals surface area (Å²) in [6.07, 6.45) is 1.82. The maximum absolute atomic E-state index is 10.9. The van der Waals surface area contributed by atoms with Crippen LogP contribution in [0, 0.1) is 18.3 Å². The molecule has 0 saturated carbocycles. The van der Waals surface area contributed by atoms with E-state index in [1.807, 2.05) is 13.0 Å². The Hall–Kier alpha value is -1.54. The van der Waals surface area contributed by atoms with Crippen LogP contribution in [0.1, 0.15) is 17.5 Å². The molecule has 0 saturated heterocycles. The Balaban J connectivity index is 2.51. The summed E-state index contributed by atoms with van der Waals surface area (Å²) in [5.74, 6) is 0.190. The number of hydrogen-bond donors (Lipinski definition) is 1. The fraction of sp³-hybridized carbons (Fsp3) is 0.417. The quantitative estimate of drug-likeness (QED) is 0.810. The van der Waals surface area contributed by atoms with Crippen LogP contribution < -0.4 is 5.32 Å². The number of anilines is 1. The summed E-state index contributed by atoms with van der Waals surface area (Å²) in [6.45, 7) is 2.53. The third-order valence-corrected chi connectivity index (χ3v) is 3.39. The molecule has 1 aromatic rings. The number of hydrogen-bond acceptors (Lipinski definition) is 4. The van der Waals surface area contributed by atoms with Crippen LogP contribution in [-0.4, -0.2) is 27.0 Å². The van der Waals surface area contributed by atoms with Gasteiger partial charge in [-0.2, -0.15) is 5.26 Å². The standard InChI is InChI=1S/C12H16N2O2S/c1-10-8-11(9-13)4-5-12(10)14-6-3-7-17(2,15)16/h4-5,8,14H,3,6-7H2,1-2H3. The maximum Gasteiger partial charge on any atom is 0.147 e. The molecule has 0 bridgehead atoms. The molecular weight excluding hydrogens is 236 g/mol. The molecule has 1 N–H and O–H groups in total. The van der Waals surface area contributed by atoms with Crippen LogP contribution in [-0.2, 0) is 9.84 Å². The highest BCUT2D eigenvalue weighted by atomic mass is 32.2. The molecule has 0 atom stereocenters. The Morgan fingerprint density at radius 1 is 1.41 bits per heavy atom.